The lowest BCUT2D eigenvalue weighted by molar-refractivity contribution is 0.0697. The maximum absolute atomic E-state index is 10.8. The second-order valence-electron chi connectivity index (χ2n) is 4.19. The Hall–Kier alpha value is -2.49. The van der Waals surface area contributed by atoms with Gasteiger partial charge in [0, 0.05) is 11.4 Å². The van der Waals surface area contributed by atoms with Crippen LogP contribution in [-0.4, -0.2) is 18.2 Å². The second kappa shape index (κ2) is 5.44. The average Bonchev–Trinajstić information content (AvgIpc) is 2.41. The minimum Gasteiger partial charge on any atom is -0.497 e. The number of hydrogen-bond donors (Lipinski definition) is 2. The molecular formula is C15H15NO3. The van der Waals surface area contributed by atoms with Crippen molar-refractivity contribution in [1.29, 1.82) is 0 Å². The zero-order valence-corrected chi connectivity index (χ0v) is 10.8. The summed E-state index contributed by atoms with van der Waals surface area (Å²) in [6.07, 6.45) is 0. The number of methoxy groups -OCH3 is 1. The summed E-state index contributed by atoms with van der Waals surface area (Å²) in [4.78, 5) is 10.8. The Bertz CT molecular complexity index is 591. The van der Waals surface area contributed by atoms with Crippen LogP contribution in [0.1, 0.15) is 15.9 Å². The first-order valence-electron chi connectivity index (χ1n) is 5.85. The fraction of sp³-hybridized carbons (Fsp3) is 0.133. The normalized spacial score (nSPS) is 10.0. The molecule has 0 spiro atoms. The Morgan fingerprint density at radius 3 is 2.37 bits per heavy atom. The summed E-state index contributed by atoms with van der Waals surface area (Å²) in [5.41, 5.74) is 3.14. The third kappa shape index (κ3) is 3.04. The van der Waals surface area contributed by atoms with Crippen LogP contribution < -0.4 is 10.1 Å². The van der Waals surface area contributed by atoms with E-state index in [4.69, 9.17) is 9.84 Å². The molecule has 0 heterocycles. The Morgan fingerprint density at radius 1 is 1.16 bits per heavy atom. The largest absolute Gasteiger partial charge is 0.497 e. The number of anilines is 2. The van der Waals surface area contributed by atoms with Gasteiger partial charge in [-0.2, -0.15) is 0 Å². The summed E-state index contributed by atoms with van der Waals surface area (Å²) in [5, 5.41) is 12.1. The molecule has 0 amide bonds. The first-order valence-corrected chi connectivity index (χ1v) is 5.85. The fourth-order valence-electron chi connectivity index (χ4n) is 1.76. The Labute approximate surface area is 111 Å². The minimum atomic E-state index is -0.924. The third-order valence-corrected chi connectivity index (χ3v) is 2.84. The van der Waals surface area contributed by atoms with Gasteiger partial charge in [-0.25, -0.2) is 4.79 Å². The van der Waals surface area contributed by atoms with E-state index in [-0.39, 0.29) is 5.56 Å². The molecule has 2 N–H and O–H groups in total. The predicted molar refractivity (Wildman–Crippen MR) is 74.4 cm³/mol. The van der Waals surface area contributed by atoms with Crippen LogP contribution in [-0.2, 0) is 0 Å². The van der Waals surface area contributed by atoms with E-state index in [2.05, 4.69) is 5.32 Å². The lowest BCUT2D eigenvalue weighted by Gasteiger charge is -2.11. The molecular weight excluding hydrogens is 242 g/mol. The molecule has 2 rings (SSSR count). The van der Waals surface area contributed by atoms with Crippen molar-refractivity contribution in [3.63, 3.8) is 0 Å². The molecule has 19 heavy (non-hydrogen) atoms. The topological polar surface area (TPSA) is 58.6 Å². The van der Waals surface area contributed by atoms with Crippen molar-refractivity contribution in [2.45, 2.75) is 6.92 Å². The van der Waals surface area contributed by atoms with Crippen molar-refractivity contribution < 1.29 is 14.6 Å². The Kier molecular flexibility index (Phi) is 3.71. The SMILES string of the molecule is COc1ccc(Nc2ccc(C(=O)O)cc2)c(C)c1. The number of carboxylic acids is 1. The van der Waals surface area contributed by atoms with E-state index >= 15 is 0 Å². The summed E-state index contributed by atoms with van der Waals surface area (Å²) in [7, 11) is 1.63. The second-order valence-corrected chi connectivity index (χ2v) is 4.19. The van der Waals surface area contributed by atoms with Crippen LogP contribution in [0.4, 0.5) is 11.4 Å². The molecule has 4 nitrogen and oxygen atoms in total. The van der Waals surface area contributed by atoms with Crippen molar-refractivity contribution in [3.8, 4) is 5.75 Å². The molecule has 0 saturated carbocycles. The van der Waals surface area contributed by atoms with Gasteiger partial charge in [-0.05, 0) is 55.0 Å². The van der Waals surface area contributed by atoms with Gasteiger partial charge < -0.3 is 15.2 Å². The van der Waals surface area contributed by atoms with Crippen LogP contribution in [0.2, 0.25) is 0 Å². The van der Waals surface area contributed by atoms with Gasteiger partial charge in [-0.1, -0.05) is 0 Å². The summed E-state index contributed by atoms with van der Waals surface area (Å²) < 4.78 is 5.15. The number of carboxylic acid groups (broad SMARTS) is 1. The summed E-state index contributed by atoms with van der Waals surface area (Å²) >= 11 is 0. The molecule has 2 aromatic carbocycles. The maximum Gasteiger partial charge on any atom is 0.335 e. The minimum absolute atomic E-state index is 0.275. The Balaban J connectivity index is 2.19. The first-order chi connectivity index (χ1) is 9.10. The highest BCUT2D eigenvalue weighted by Crippen LogP contribution is 2.24. The van der Waals surface area contributed by atoms with Crippen LogP contribution >= 0.6 is 0 Å². The number of benzene rings is 2. The van der Waals surface area contributed by atoms with Crippen molar-refractivity contribution >= 4 is 17.3 Å². The number of aryl methyl sites for hydroxylation is 1. The van der Waals surface area contributed by atoms with Crippen molar-refractivity contribution in [1.82, 2.24) is 0 Å². The van der Waals surface area contributed by atoms with Crippen LogP contribution in [0.5, 0.6) is 5.75 Å². The summed E-state index contributed by atoms with van der Waals surface area (Å²) in [6.45, 7) is 1.98. The number of carbonyl (C=O) groups is 1. The molecule has 0 fully saturated rings. The number of aromatic carboxylic acids is 1. The van der Waals surface area contributed by atoms with E-state index in [0.29, 0.717) is 0 Å². The molecule has 4 heteroatoms. The standard InChI is InChI=1S/C15H15NO3/c1-10-9-13(19-2)7-8-14(10)16-12-5-3-11(4-6-12)15(17)18/h3-9,16H,1-2H3,(H,17,18). The molecule has 0 radical (unpaired) electrons. The molecule has 0 aliphatic rings. The zero-order valence-electron chi connectivity index (χ0n) is 10.8. The monoisotopic (exact) mass is 257 g/mol. The zero-order chi connectivity index (χ0) is 13.8. The molecule has 0 atom stereocenters. The van der Waals surface area contributed by atoms with Gasteiger partial charge in [0.1, 0.15) is 5.75 Å². The van der Waals surface area contributed by atoms with Gasteiger partial charge in [0.25, 0.3) is 0 Å². The van der Waals surface area contributed by atoms with Crippen LogP contribution in [0, 0.1) is 6.92 Å². The van der Waals surface area contributed by atoms with E-state index in [0.717, 1.165) is 22.7 Å². The van der Waals surface area contributed by atoms with Gasteiger partial charge >= 0.3 is 5.97 Å². The fourth-order valence-corrected chi connectivity index (χ4v) is 1.76. The summed E-state index contributed by atoms with van der Waals surface area (Å²) in [5.74, 6) is -0.114. The highest BCUT2D eigenvalue weighted by molar-refractivity contribution is 5.88. The van der Waals surface area contributed by atoms with Gasteiger partial charge in [0.05, 0.1) is 12.7 Å². The number of rotatable bonds is 4. The van der Waals surface area contributed by atoms with Crippen molar-refractivity contribution in [2.24, 2.45) is 0 Å². The first kappa shape index (κ1) is 13.0. The maximum atomic E-state index is 10.8. The van der Waals surface area contributed by atoms with E-state index in [1.165, 1.54) is 0 Å². The van der Waals surface area contributed by atoms with Gasteiger partial charge in [-0.3, -0.25) is 0 Å². The van der Waals surface area contributed by atoms with E-state index in [9.17, 15) is 4.79 Å². The van der Waals surface area contributed by atoms with Crippen LogP contribution in [0.3, 0.4) is 0 Å². The average molecular weight is 257 g/mol. The van der Waals surface area contributed by atoms with Gasteiger partial charge in [-0.15, -0.1) is 0 Å². The molecule has 0 aromatic heterocycles. The molecule has 0 unspecified atom stereocenters. The Morgan fingerprint density at radius 2 is 1.84 bits per heavy atom. The van der Waals surface area contributed by atoms with Crippen molar-refractivity contribution in [3.05, 3.63) is 53.6 Å². The van der Waals surface area contributed by atoms with E-state index in [1.54, 1.807) is 31.4 Å². The molecule has 0 bridgehead atoms. The highest BCUT2D eigenvalue weighted by atomic mass is 16.5. The molecule has 0 aliphatic heterocycles. The van der Waals surface area contributed by atoms with Crippen LogP contribution in [0.15, 0.2) is 42.5 Å². The smallest absolute Gasteiger partial charge is 0.335 e. The lowest BCUT2D eigenvalue weighted by Crippen LogP contribution is -1.97. The number of nitrogens with one attached hydrogen (secondary N) is 1. The van der Waals surface area contributed by atoms with Crippen LogP contribution in [0.25, 0.3) is 0 Å². The van der Waals surface area contributed by atoms with E-state index < -0.39 is 5.97 Å². The molecule has 0 aliphatic carbocycles. The third-order valence-electron chi connectivity index (χ3n) is 2.84. The van der Waals surface area contributed by atoms with E-state index in [1.807, 2.05) is 25.1 Å². The molecule has 2 aromatic rings. The van der Waals surface area contributed by atoms with Gasteiger partial charge in [0.2, 0.25) is 0 Å². The van der Waals surface area contributed by atoms with Gasteiger partial charge in [0.15, 0.2) is 0 Å². The van der Waals surface area contributed by atoms with Crippen molar-refractivity contribution in [2.75, 3.05) is 12.4 Å². The molecule has 98 valence electrons. The lowest BCUT2D eigenvalue weighted by atomic mass is 10.1. The number of ether oxygens (including phenoxy) is 1. The molecule has 0 saturated heterocycles. The number of hydrogen-bond acceptors (Lipinski definition) is 3. The highest BCUT2D eigenvalue weighted by Gasteiger charge is 2.03. The quantitative estimate of drug-likeness (QED) is 0.880. The predicted octanol–water partition coefficient (Wildman–Crippen LogP) is 3.45. The summed E-state index contributed by atoms with van der Waals surface area (Å²) in [6, 6.07) is 12.4.